The maximum atomic E-state index is 12.8. The van der Waals surface area contributed by atoms with E-state index in [1.165, 1.54) is 22.4 Å². The smallest absolute Gasteiger partial charge is 0.251 e. The molecular weight excluding hydrogens is 396 g/mol. The van der Waals surface area contributed by atoms with Crippen molar-refractivity contribution in [3.8, 4) is 5.75 Å². The Bertz CT molecular complexity index is 1210. The molecule has 0 aliphatic heterocycles. The first-order valence-electron chi connectivity index (χ1n) is 11.2. The minimum absolute atomic E-state index is 0.0364. The monoisotopic (exact) mass is 426 g/mol. The molecule has 1 aromatic heterocycles. The van der Waals surface area contributed by atoms with E-state index in [1.54, 1.807) is 0 Å². The number of aromatic nitrogens is 1. The Balaban J connectivity index is 1.45. The van der Waals surface area contributed by atoms with E-state index in [1.807, 2.05) is 49.4 Å². The summed E-state index contributed by atoms with van der Waals surface area (Å²) < 4.78 is 7.80. The van der Waals surface area contributed by atoms with Crippen LogP contribution >= 0.6 is 0 Å². The fourth-order valence-electron chi connectivity index (χ4n) is 4.10. The van der Waals surface area contributed by atoms with Gasteiger partial charge in [0.1, 0.15) is 5.75 Å². The molecule has 0 radical (unpaired) electrons. The first-order valence-corrected chi connectivity index (χ1v) is 11.2. The zero-order valence-electron chi connectivity index (χ0n) is 19.0. The lowest BCUT2D eigenvalue weighted by Crippen LogP contribution is -2.25. The van der Waals surface area contributed by atoms with Crippen molar-refractivity contribution in [3.05, 3.63) is 101 Å². The Hall–Kier alpha value is -3.53. The van der Waals surface area contributed by atoms with Gasteiger partial charge in [0.05, 0.1) is 6.61 Å². The quantitative estimate of drug-likeness (QED) is 0.394. The molecule has 0 bridgehead atoms. The lowest BCUT2D eigenvalue weighted by molar-refractivity contribution is 0.0954. The average molecular weight is 427 g/mol. The SMILES string of the molecule is CCOc1ccc(CCNC(=O)c2ccc3c(c2)c(C)c(C)n3Cc2ccccc2)cc1. The van der Waals surface area contributed by atoms with Crippen LogP contribution in [0.25, 0.3) is 10.9 Å². The van der Waals surface area contributed by atoms with Crippen LogP contribution in [-0.2, 0) is 13.0 Å². The number of rotatable bonds is 8. The van der Waals surface area contributed by atoms with Crippen LogP contribution in [0.2, 0.25) is 0 Å². The van der Waals surface area contributed by atoms with E-state index >= 15 is 0 Å². The van der Waals surface area contributed by atoms with Gasteiger partial charge in [-0.25, -0.2) is 0 Å². The minimum Gasteiger partial charge on any atom is -0.494 e. The summed E-state index contributed by atoms with van der Waals surface area (Å²) in [5.41, 5.74) is 6.76. The fraction of sp³-hybridized carbons (Fsp3) is 0.250. The topological polar surface area (TPSA) is 43.3 Å². The van der Waals surface area contributed by atoms with Gasteiger partial charge in [0.2, 0.25) is 0 Å². The first kappa shape index (κ1) is 21.7. The third kappa shape index (κ3) is 4.70. The summed E-state index contributed by atoms with van der Waals surface area (Å²) in [6.07, 6.45) is 0.784. The van der Waals surface area contributed by atoms with Gasteiger partial charge in [-0.05, 0) is 74.2 Å². The molecule has 0 unspecified atom stereocenters. The summed E-state index contributed by atoms with van der Waals surface area (Å²) >= 11 is 0. The molecule has 0 spiro atoms. The summed E-state index contributed by atoms with van der Waals surface area (Å²) in [4.78, 5) is 12.8. The van der Waals surface area contributed by atoms with E-state index in [-0.39, 0.29) is 5.91 Å². The van der Waals surface area contributed by atoms with Crippen LogP contribution in [0.4, 0.5) is 0 Å². The van der Waals surface area contributed by atoms with Crippen LogP contribution in [0.5, 0.6) is 5.75 Å². The number of carbonyl (C=O) groups excluding carboxylic acids is 1. The molecule has 1 heterocycles. The molecule has 4 heteroatoms. The van der Waals surface area contributed by atoms with E-state index in [0.717, 1.165) is 29.6 Å². The second kappa shape index (κ2) is 9.73. The molecule has 32 heavy (non-hydrogen) atoms. The third-order valence-corrected chi connectivity index (χ3v) is 6.02. The van der Waals surface area contributed by atoms with Crippen molar-refractivity contribution in [1.29, 1.82) is 0 Å². The summed E-state index contributed by atoms with van der Waals surface area (Å²) in [5, 5.41) is 4.19. The third-order valence-electron chi connectivity index (χ3n) is 6.02. The summed E-state index contributed by atoms with van der Waals surface area (Å²) in [5.74, 6) is 0.837. The predicted molar refractivity (Wildman–Crippen MR) is 131 cm³/mol. The number of hydrogen-bond acceptors (Lipinski definition) is 2. The Morgan fingerprint density at radius 3 is 2.41 bits per heavy atom. The van der Waals surface area contributed by atoms with Gasteiger partial charge < -0.3 is 14.6 Å². The molecule has 0 atom stereocenters. The lowest BCUT2D eigenvalue weighted by atomic mass is 10.1. The maximum Gasteiger partial charge on any atom is 0.251 e. The van der Waals surface area contributed by atoms with Crippen molar-refractivity contribution in [2.24, 2.45) is 0 Å². The molecule has 1 amide bonds. The molecular formula is C28H30N2O2. The molecule has 1 N–H and O–H groups in total. The maximum absolute atomic E-state index is 12.8. The minimum atomic E-state index is -0.0364. The molecule has 0 aliphatic carbocycles. The molecule has 0 saturated heterocycles. The van der Waals surface area contributed by atoms with E-state index in [4.69, 9.17) is 4.74 Å². The van der Waals surface area contributed by atoms with E-state index in [0.29, 0.717) is 18.7 Å². The van der Waals surface area contributed by atoms with Gasteiger partial charge in [0, 0.05) is 35.2 Å². The van der Waals surface area contributed by atoms with Gasteiger partial charge >= 0.3 is 0 Å². The van der Waals surface area contributed by atoms with Gasteiger partial charge in [-0.3, -0.25) is 4.79 Å². The Kier molecular flexibility index (Phi) is 6.60. The number of ether oxygens (including phenoxy) is 1. The largest absolute Gasteiger partial charge is 0.494 e. The average Bonchev–Trinajstić information content (AvgIpc) is 3.05. The van der Waals surface area contributed by atoms with Crippen LogP contribution < -0.4 is 10.1 Å². The fourth-order valence-corrected chi connectivity index (χ4v) is 4.10. The zero-order chi connectivity index (χ0) is 22.5. The standard InChI is InChI=1S/C28H30N2O2/c1-4-32-25-13-10-22(11-14-25)16-17-29-28(31)24-12-15-27-26(18-24)20(2)21(3)30(27)19-23-8-6-5-7-9-23/h5-15,18H,4,16-17,19H2,1-3H3,(H,29,31). The van der Waals surface area contributed by atoms with Gasteiger partial charge in [-0.15, -0.1) is 0 Å². The van der Waals surface area contributed by atoms with Crippen molar-refractivity contribution in [2.45, 2.75) is 33.7 Å². The van der Waals surface area contributed by atoms with Crippen molar-refractivity contribution in [1.82, 2.24) is 9.88 Å². The number of hydrogen-bond donors (Lipinski definition) is 1. The highest BCUT2D eigenvalue weighted by Crippen LogP contribution is 2.27. The molecule has 3 aromatic carbocycles. The number of benzene rings is 3. The second-order valence-corrected chi connectivity index (χ2v) is 8.10. The highest BCUT2D eigenvalue weighted by Gasteiger charge is 2.14. The summed E-state index contributed by atoms with van der Waals surface area (Å²) in [6.45, 7) is 8.33. The van der Waals surface area contributed by atoms with Gasteiger partial charge in [0.25, 0.3) is 5.91 Å². The van der Waals surface area contributed by atoms with E-state index in [9.17, 15) is 4.79 Å². The summed E-state index contributed by atoms with van der Waals surface area (Å²) in [6, 6.07) is 24.5. The molecule has 4 aromatic rings. The van der Waals surface area contributed by atoms with Crippen molar-refractivity contribution in [3.63, 3.8) is 0 Å². The molecule has 0 saturated carbocycles. The molecule has 0 fully saturated rings. The number of aryl methyl sites for hydroxylation is 1. The van der Waals surface area contributed by atoms with Crippen molar-refractivity contribution < 1.29 is 9.53 Å². The molecule has 4 nitrogen and oxygen atoms in total. The Morgan fingerprint density at radius 2 is 1.69 bits per heavy atom. The highest BCUT2D eigenvalue weighted by molar-refractivity contribution is 5.99. The number of fused-ring (bicyclic) bond motifs is 1. The van der Waals surface area contributed by atoms with Crippen LogP contribution in [-0.4, -0.2) is 23.6 Å². The summed E-state index contributed by atoms with van der Waals surface area (Å²) in [7, 11) is 0. The number of nitrogens with one attached hydrogen (secondary N) is 1. The molecule has 164 valence electrons. The van der Waals surface area contributed by atoms with Crippen LogP contribution in [0.15, 0.2) is 72.8 Å². The van der Waals surface area contributed by atoms with Crippen molar-refractivity contribution >= 4 is 16.8 Å². The number of amides is 1. The Morgan fingerprint density at radius 1 is 0.938 bits per heavy atom. The van der Waals surface area contributed by atoms with Gasteiger partial charge in [0.15, 0.2) is 0 Å². The van der Waals surface area contributed by atoms with Crippen LogP contribution in [0, 0.1) is 13.8 Å². The number of nitrogens with zero attached hydrogens (tertiary/aromatic N) is 1. The molecule has 0 aliphatic rings. The lowest BCUT2D eigenvalue weighted by Gasteiger charge is -2.09. The van der Waals surface area contributed by atoms with E-state index in [2.05, 4.69) is 54.1 Å². The van der Waals surface area contributed by atoms with E-state index < -0.39 is 0 Å². The Labute approximate surface area is 189 Å². The van der Waals surface area contributed by atoms with Gasteiger partial charge in [-0.1, -0.05) is 42.5 Å². The van der Waals surface area contributed by atoms with Crippen LogP contribution in [0.3, 0.4) is 0 Å². The normalized spacial score (nSPS) is 11.0. The molecule has 4 rings (SSSR count). The highest BCUT2D eigenvalue weighted by atomic mass is 16.5. The second-order valence-electron chi connectivity index (χ2n) is 8.10. The van der Waals surface area contributed by atoms with Crippen LogP contribution in [0.1, 0.15) is 39.7 Å². The number of carbonyl (C=O) groups is 1. The van der Waals surface area contributed by atoms with Crippen molar-refractivity contribution in [2.75, 3.05) is 13.2 Å². The van der Waals surface area contributed by atoms with Gasteiger partial charge in [-0.2, -0.15) is 0 Å². The predicted octanol–water partition coefficient (Wildman–Crippen LogP) is 5.68. The zero-order valence-corrected chi connectivity index (χ0v) is 19.0. The first-order chi connectivity index (χ1) is 15.6.